The van der Waals surface area contributed by atoms with E-state index in [1.165, 1.54) is 12.8 Å². The number of rotatable bonds is 16. The van der Waals surface area contributed by atoms with E-state index in [0.29, 0.717) is 23.0 Å². The third-order valence-corrected chi connectivity index (χ3v) is 7.39. The summed E-state index contributed by atoms with van der Waals surface area (Å²) in [6.07, 6.45) is 11.6. The van der Waals surface area contributed by atoms with E-state index in [0.717, 1.165) is 55.1 Å². The van der Waals surface area contributed by atoms with Crippen molar-refractivity contribution < 1.29 is 19.4 Å². The zero-order valence-corrected chi connectivity index (χ0v) is 20.8. The molecule has 180 valence electrons. The lowest BCUT2D eigenvalue weighted by Crippen LogP contribution is -2.55. The molecule has 0 bridgehead atoms. The van der Waals surface area contributed by atoms with Crippen molar-refractivity contribution in [3.05, 3.63) is 35.8 Å². The molecule has 2 rings (SSSR count). The Kier molecular flexibility index (Phi) is 10.6. The minimum Gasteiger partial charge on any atom is -0.479 e. The molecule has 0 amide bonds. The van der Waals surface area contributed by atoms with Crippen LogP contribution >= 0.6 is 11.8 Å². The predicted molar refractivity (Wildman–Crippen MR) is 135 cm³/mol. The van der Waals surface area contributed by atoms with Crippen LogP contribution < -0.4 is 5.73 Å². The van der Waals surface area contributed by atoms with E-state index in [1.54, 1.807) is 11.8 Å². The van der Waals surface area contributed by atoms with E-state index in [-0.39, 0.29) is 6.42 Å². The van der Waals surface area contributed by atoms with Crippen LogP contribution in [0.1, 0.15) is 82.8 Å². The van der Waals surface area contributed by atoms with Crippen molar-refractivity contribution in [1.82, 2.24) is 0 Å². The van der Waals surface area contributed by atoms with Crippen LogP contribution in [0.2, 0.25) is 0 Å². The summed E-state index contributed by atoms with van der Waals surface area (Å²) in [5.74, 6) is 2.77. The van der Waals surface area contributed by atoms with E-state index in [9.17, 15) is 15.0 Å². The number of carbonyl (C=O) groups is 1. The second-order valence-electron chi connectivity index (χ2n) is 9.56. The van der Waals surface area contributed by atoms with Crippen LogP contribution in [0, 0.1) is 11.8 Å². The second-order valence-corrected chi connectivity index (χ2v) is 10.6. The number of carboxylic acids is 1. The van der Waals surface area contributed by atoms with Crippen molar-refractivity contribution in [3.8, 4) is 0 Å². The summed E-state index contributed by atoms with van der Waals surface area (Å²) in [5.41, 5.74) is 5.41. The number of thioether (sulfide) groups is 1. The quantitative estimate of drug-likeness (QED) is 0.270. The lowest BCUT2D eigenvalue weighted by atomic mass is 9.86. The van der Waals surface area contributed by atoms with Crippen molar-refractivity contribution in [1.29, 1.82) is 0 Å². The van der Waals surface area contributed by atoms with Gasteiger partial charge < -0.3 is 20.4 Å². The Morgan fingerprint density at radius 2 is 2.12 bits per heavy atom. The highest BCUT2D eigenvalue weighted by atomic mass is 32.2. The molecule has 0 aromatic carbocycles. The van der Waals surface area contributed by atoms with E-state index in [1.807, 2.05) is 12.1 Å². The normalized spacial score (nSPS) is 17.1. The fraction of sp³-hybridized carbons (Fsp3) is 0.654. The van der Waals surface area contributed by atoms with Crippen molar-refractivity contribution in [2.24, 2.45) is 17.6 Å². The molecule has 2 atom stereocenters. The maximum Gasteiger partial charge on any atom is 0.337 e. The number of nitrogens with two attached hydrogens (primary N) is 1. The molecule has 1 aromatic heterocycles. The van der Waals surface area contributed by atoms with Gasteiger partial charge in [-0.1, -0.05) is 59.1 Å². The van der Waals surface area contributed by atoms with Crippen LogP contribution in [0.15, 0.2) is 23.1 Å². The molecular weight excluding hydrogens is 422 g/mol. The van der Waals surface area contributed by atoms with Crippen LogP contribution in [0.5, 0.6) is 0 Å². The molecular formula is C26H41NO4S. The SMILES string of the molecule is C=C(CC(O)(C(=O)O)C(N)CSCC(C)C)c1cc(CCC2CC2)oc1/C=C\CCCC. The third kappa shape index (κ3) is 8.13. The Bertz CT molecular complexity index is 781. The van der Waals surface area contributed by atoms with Crippen LogP contribution in [0.25, 0.3) is 11.6 Å². The van der Waals surface area contributed by atoms with Gasteiger partial charge in [-0.15, -0.1) is 0 Å². The number of allylic oxidation sites excluding steroid dienone is 1. The van der Waals surface area contributed by atoms with Crippen LogP contribution in [-0.2, 0) is 11.2 Å². The van der Waals surface area contributed by atoms with Gasteiger partial charge in [0.25, 0.3) is 0 Å². The molecule has 0 aliphatic heterocycles. The van der Waals surface area contributed by atoms with E-state index < -0.39 is 17.6 Å². The number of hydrogen-bond donors (Lipinski definition) is 3. The molecule has 0 radical (unpaired) electrons. The molecule has 0 saturated heterocycles. The molecule has 1 aromatic rings. The van der Waals surface area contributed by atoms with E-state index >= 15 is 0 Å². The topological polar surface area (TPSA) is 96.7 Å². The summed E-state index contributed by atoms with van der Waals surface area (Å²) in [6, 6.07) is 1.07. The minimum absolute atomic E-state index is 0.136. The highest BCUT2D eigenvalue weighted by Gasteiger charge is 2.43. The van der Waals surface area contributed by atoms with Crippen LogP contribution in [-0.4, -0.2) is 39.3 Å². The van der Waals surface area contributed by atoms with Crippen molar-refractivity contribution in [2.45, 2.75) is 83.8 Å². The maximum atomic E-state index is 12.0. The Labute approximate surface area is 197 Å². The van der Waals surface area contributed by atoms with Gasteiger partial charge in [-0.2, -0.15) is 11.8 Å². The molecule has 1 aliphatic rings. The fourth-order valence-corrected chi connectivity index (χ4v) is 4.74. The van der Waals surface area contributed by atoms with Crippen molar-refractivity contribution in [2.75, 3.05) is 11.5 Å². The van der Waals surface area contributed by atoms with Gasteiger partial charge >= 0.3 is 5.97 Å². The lowest BCUT2D eigenvalue weighted by molar-refractivity contribution is -0.159. The van der Waals surface area contributed by atoms with Gasteiger partial charge in [0.15, 0.2) is 5.60 Å². The summed E-state index contributed by atoms with van der Waals surface area (Å²) >= 11 is 1.57. The first kappa shape index (κ1) is 26.7. The molecule has 1 heterocycles. The van der Waals surface area contributed by atoms with Gasteiger partial charge in [0.1, 0.15) is 11.5 Å². The molecule has 0 spiro atoms. The number of furan rings is 1. The second kappa shape index (κ2) is 12.7. The molecule has 2 unspecified atom stereocenters. The average molecular weight is 464 g/mol. The molecule has 1 aliphatic carbocycles. The number of carboxylic acid groups (broad SMARTS) is 1. The Morgan fingerprint density at radius 1 is 1.41 bits per heavy atom. The predicted octanol–water partition coefficient (Wildman–Crippen LogP) is 5.76. The summed E-state index contributed by atoms with van der Waals surface area (Å²) < 4.78 is 6.11. The zero-order valence-electron chi connectivity index (χ0n) is 19.9. The molecule has 32 heavy (non-hydrogen) atoms. The molecule has 6 heteroatoms. The Balaban J connectivity index is 2.17. The zero-order chi connectivity index (χ0) is 23.7. The van der Waals surface area contributed by atoms with E-state index in [2.05, 4.69) is 33.4 Å². The highest BCUT2D eigenvalue weighted by molar-refractivity contribution is 7.99. The van der Waals surface area contributed by atoms with Gasteiger partial charge in [0.2, 0.25) is 0 Å². The highest BCUT2D eigenvalue weighted by Crippen LogP contribution is 2.36. The number of aryl methyl sites for hydroxylation is 1. The first-order valence-electron chi connectivity index (χ1n) is 11.9. The van der Waals surface area contributed by atoms with Crippen molar-refractivity contribution in [3.63, 3.8) is 0 Å². The van der Waals surface area contributed by atoms with Gasteiger partial charge in [-0.05, 0) is 48.1 Å². The average Bonchev–Trinajstić information content (AvgIpc) is 3.47. The first-order chi connectivity index (χ1) is 15.2. The Hall–Kier alpha value is -1.50. The molecule has 1 saturated carbocycles. The standard InChI is InChI=1S/C26H41NO4S/c1-5-6-7-8-9-23-22(14-21(31-23)13-12-20-10-11-20)19(4)15-26(30,25(28)29)24(27)17-32-16-18(2)3/h8-9,14,18,20,24,30H,4-7,10-13,15-17,27H2,1-3H3,(H,28,29)/b9-8-. The molecule has 4 N–H and O–H groups in total. The van der Waals surface area contributed by atoms with Crippen molar-refractivity contribution >= 4 is 29.4 Å². The summed E-state index contributed by atoms with van der Waals surface area (Å²) in [7, 11) is 0. The molecule has 1 fully saturated rings. The van der Waals surface area contributed by atoms with Gasteiger partial charge in [-0.25, -0.2) is 4.79 Å². The largest absolute Gasteiger partial charge is 0.479 e. The van der Waals surface area contributed by atoms with Gasteiger partial charge in [0.05, 0.1) is 6.04 Å². The number of aliphatic hydroxyl groups is 1. The summed E-state index contributed by atoms with van der Waals surface area (Å²) in [4.78, 5) is 12.0. The molecule has 5 nitrogen and oxygen atoms in total. The third-order valence-electron chi connectivity index (χ3n) is 5.90. The monoisotopic (exact) mass is 463 g/mol. The van der Waals surface area contributed by atoms with E-state index in [4.69, 9.17) is 10.2 Å². The van der Waals surface area contributed by atoms with Crippen LogP contribution in [0.4, 0.5) is 0 Å². The summed E-state index contributed by atoms with van der Waals surface area (Å²) in [5, 5.41) is 20.9. The number of hydrogen-bond acceptors (Lipinski definition) is 5. The number of aliphatic carboxylic acids is 1. The smallest absolute Gasteiger partial charge is 0.337 e. The minimum atomic E-state index is -2.07. The Morgan fingerprint density at radius 3 is 2.72 bits per heavy atom. The van der Waals surface area contributed by atoms with Gasteiger partial charge in [0, 0.05) is 24.2 Å². The number of unbranched alkanes of at least 4 members (excludes halogenated alkanes) is 2. The first-order valence-corrected chi connectivity index (χ1v) is 13.1. The fourth-order valence-electron chi connectivity index (χ4n) is 3.60. The van der Waals surface area contributed by atoms with Gasteiger partial charge in [-0.3, -0.25) is 0 Å². The summed E-state index contributed by atoms with van der Waals surface area (Å²) in [6.45, 7) is 10.5. The maximum absolute atomic E-state index is 12.0. The van der Waals surface area contributed by atoms with Crippen LogP contribution in [0.3, 0.4) is 0 Å². The lowest BCUT2D eigenvalue weighted by Gasteiger charge is -2.30.